The Kier molecular flexibility index (Phi) is 21.1. The lowest BCUT2D eigenvalue weighted by Crippen LogP contribution is -2.42. The van der Waals surface area contributed by atoms with E-state index < -0.39 is 45.7 Å². The maximum absolute atomic E-state index is 12.1. The highest BCUT2D eigenvalue weighted by molar-refractivity contribution is 7.85. The number of amides is 4. The largest absolute Gasteiger partial charge is 0.453 e. The van der Waals surface area contributed by atoms with Crippen LogP contribution in [0.3, 0.4) is 0 Å². The Morgan fingerprint density at radius 2 is 1.18 bits per heavy atom. The number of azide groups is 1. The smallest absolute Gasteiger partial charge is 0.410 e. The molecule has 0 aromatic heterocycles. The Labute approximate surface area is 259 Å². The second kappa shape index (κ2) is 21.9. The zero-order chi connectivity index (χ0) is 34.4. The molecule has 0 saturated heterocycles. The lowest BCUT2D eigenvalue weighted by atomic mass is 10.2. The van der Waals surface area contributed by atoms with Crippen LogP contribution in [0.1, 0.15) is 54.4 Å². The number of ether oxygens (including phenoxy) is 4. The van der Waals surface area contributed by atoms with Crippen LogP contribution in [0.4, 0.5) is 19.2 Å². The maximum atomic E-state index is 12.1. The molecule has 0 radical (unpaired) electrons. The Bertz CT molecular complexity index is 1040. The van der Waals surface area contributed by atoms with E-state index in [1.807, 2.05) is 0 Å². The first-order chi connectivity index (χ1) is 20.2. The molecule has 2 N–H and O–H groups in total. The van der Waals surface area contributed by atoms with E-state index in [2.05, 4.69) is 34.3 Å². The van der Waals surface area contributed by atoms with E-state index in [0.29, 0.717) is 25.9 Å². The number of nitrogens with one attached hydrogen (secondary N) is 2. The molecule has 0 aromatic carbocycles. The molecule has 0 fully saturated rings. The van der Waals surface area contributed by atoms with Crippen molar-refractivity contribution in [3.8, 4) is 0 Å². The fourth-order valence-electron chi connectivity index (χ4n) is 2.81. The first-order valence-corrected chi connectivity index (χ1v) is 15.5. The van der Waals surface area contributed by atoms with Gasteiger partial charge < -0.3 is 39.4 Å². The standard InChI is InChI=1S/C13H26N2O7S.C12H23N5O4/c1-13(2,3)22-12(17)15(9-7-14-11(16)20-4)8-6-10-21-23(5,18)19;1-12(2,3)21-11(19)17(8-5-6-15-16-13)9-7-14-10(18)20-4/h6-10H2,1-5H3,(H,14,16);5-9H2,1-4H3,(H,14,18). The molecule has 0 saturated carbocycles. The molecule has 256 valence electrons. The molecular weight excluding hydrogens is 606 g/mol. The molecule has 4 amide bonds. The molecule has 0 atom stereocenters. The van der Waals surface area contributed by atoms with Crippen LogP contribution >= 0.6 is 0 Å². The third-order valence-corrected chi connectivity index (χ3v) is 5.19. The fourth-order valence-corrected chi connectivity index (χ4v) is 3.24. The van der Waals surface area contributed by atoms with Gasteiger partial charge in [0, 0.05) is 50.7 Å². The van der Waals surface area contributed by atoms with Crippen molar-refractivity contribution in [2.45, 2.75) is 65.6 Å². The van der Waals surface area contributed by atoms with Crippen LogP contribution < -0.4 is 10.6 Å². The molecule has 0 aliphatic heterocycles. The molecule has 0 aliphatic carbocycles. The lowest BCUT2D eigenvalue weighted by molar-refractivity contribution is 0.0236. The minimum Gasteiger partial charge on any atom is -0.453 e. The Morgan fingerprint density at radius 3 is 1.52 bits per heavy atom. The van der Waals surface area contributed by atoms with E-state index in [0.717, 1.165) is 6.26 Å². The van der Waals surface area contributed by atoms with Crippen LogP contribution in [0.2, 0.25) is 0 Å². The molecule has 0 aliphatic rings. The van der Waals surface area contributed by atoms with Gasteiger partial charge in [-0.25, -0.2) is 19.2 Å². The highest BCUT2D eigenvalue weighted by Gasteiger charge is 2.23. The molecule has 0 unspecified atom stereocenters. The van der Waals surface area contributed by atoms with Crippen LogP contribution in [0, 0.1) is 0 Å². The average molecular weight is 656 g/mol. The van der Waals surface area contributed by atoms with Crippen molar-refractivity contribution in [2.75, 3.05) is 72.9 Å². The summed E-state index contributed by atoms with van der Waals surface area (Å²) in [5, 5.41) is 8.36. The SMILES string of the molecule is COC(=O)NCCN(CCCN=[N+]=[N-])C(=O)OC(C)(C)C.COC(=O)NCCN(CCCOS(C)(=O)=O)C(=O)OC(C)(C)C. The van der Waals surface area contributed by atoms with Gasteiger partial charge in [0.1, 0.15) is 11.2 Å². The highest BCUT2D eigenvalue weighted by Crippen LogP contribution is 2.11. The van der Waals surface area contributed by atoms with Crippen molar-refractivity contribution in [1.82, 2.24) is 20.4 Å². The zero-order valence-corrected chi connectivity index (χ0v) is 28.0. The summed E-state index contributed by atoms with van der Waals surface area (Å²) >= 11 is 0. The van der Waals surface area contributed by atoms with Crippen LogP contribution in [0.5, 0.6) is 0 Å². The predicted molar refractivity (Wildman–Crippen MR) is 160 cm³/mol. The minimum absolute atomic E-state index is 0.0391. The second-order valence-corrected chi connectivity index (χ2v) is 12.6. The van der Waals surface area contributed by atoms with Crippen molar-refractivity contribution < 1.29 is 50.7 Å². The number of rotatable bonds is 15. The van der Waals surface area contributed by atoms with Crippen molar-refractivity contribution in [2.24, 2.45) is 5.11 Å². The third kappa shape index (κ3) is 27.2. The van der Waals surface area contributed by atoms with Gasteiger partial charge in [0.05, 0.1) is 27.1 Å². The van der Waals surface area contributed by atoms with Gasteiger partial charge >= 0.3 is 24.4 Å². The monoisotopic (exact) mass is 655 g/mol. The summed E-state index contributed by atoms with van der Waals surface area (Å²) in [7, 11) is -1.01. The summed E-state index contributed by atoms with van der Waals surface area (Å²) in [5.41, 5.74) is 6.96. The van der Waals surface area contributed by atoms with Gasteiger partial charge in [-0.2, -0.15) is 8.42 Å². The first kappa shape index (κ1) is 42.4. The second-order valence-electron chi connectivity index (χ2n) is 11.0. The van der Waals surface area contributed by atoms with Gasteiger partial charge in [0.25, 0.3) is 10.1 Å². The maximum Gasteiger partial charge on any atom is 0.410 e. The van der Waals surface area contributed by atoms with Gasteiger partial charge in [-0.1, -0.05) is 5.11 Å². The molecular formula is C25H49N7O11S. The van der Waals surface area contributed by atoms with E-state index >= 15 is 0 Å². The van der Waals surface area contributed by atoms with Crippen molar-refractivity contribution >= 4 is 34.5 Å². The molecule has 19 heteroatoms. The van der Waals surface area contributed by atoms with E-state index in [1.165, 1.54) is 24.0 Å². The number of alkyl carbamates (subject to hydrolysis) is 2. The highest BCUT2D eigenvalue weighted by atomic mass is 32.2. The van der Waals surface area contributed by atoms with Crippen LogP contribution in [0.15, 0.2) is 5.11 Å². The first-order valence-electron chi connectivity index (χ1n) is 13.7. The Morgan fingerprint density at radius 1 is 0.773 bits per heavy atom. The molecule has 0 heterocycles. The van der Waals surface area contributed by atoms with Gasteiger partial charge in [-0.3, -0.25) is 4.18 Å². The van der Waals surface area contributed by atoms with Gasteiger partial charge in [0.15, 0.2) is 0 Å². The number of hydrogen-bond donors (Lipinski definition) is 2. The van der Waals surface area contributed by atoms with E-state index in [9.17, 15) is 27.6 Å². The molecule has 44 heavy (non-hydrogen) atoms. The number of carbonyl (C=O) groups excluding carboxylic acids is 4. The van der Waals surface area contributed by atoms with Crippen molar-refractivity contribution in [3.63, 3.8) is 0 Å². The topological polar surface area (TPSA) is 228 Å². The molecule has 0 rings (SSSR count). The quantitative estimate of drug-likeness (QED) is 0.0650. The number of carbonyl (C=O) groups is 4. The van der Waals surface area contributed by atoms with E-state index in [1.54, 1.807) is 41.5 Å². The third-order valence-electron chi connectivity index (χ3n) is 4.60. The van der Waals surface area contributed by atoms with Crippen LogP contribution in [0.25, 0.3) is 10.4 Å². The van der Waals surface area contributed by atoms with E-state index in [4.69, 9.17) is 15.0 Å². The minimum atomic E-state index is -3.51. The lowest BCUT2D eigenvalue weighted by Gasteiger charge is -2.27. The molecule has 18 nitrogen and oxygen atoms in total. The molecule has 0 bridgehead atoms. The Hall–Kier alpha value is -3.70. The summed E-state index contributed by atoms with van der Waals surface area (Å²) in [6.45, 7) is 12.3. The van der Waals surface area contributed by atoms with Crippen molar-refractivity contribution in [1.29, 1.82) is 0 Å². The summed E-state index contributed by atoms with van der Waals surface area (Å²) in [5.74, 6) is 0. The number of methoxy groups -OCH3 is 2. The summed E-state index contributed by atoms with van der Waals surface area (Å²) < 4.78 is 45.8. The summed E-state index contributed by atoms with van der Waals surface area (Å²) in [6, 6.07) is 0. The van der Waals surface area contributed by atoms with Gasteiger partial charge in [0.2, 0.25) is 0 Å². The summed E-state index contributed by atoms with van der Waals surface area (Å²) in [6.07, 6.45) is -0.410. The summed E-state index contributed by atoms with van der Waals surface area (Å²) in [4.78, 5) is 51.6. The molecule has 0 spiro atoms. The van der Waals surface area contributed by atoms with Crippen LogP contribution in [-0.4, -0.2) is 127 Å². The Balaban J connectivity index is 0. The predicted octanol–water partition coefficient (Wildman–Crippen LogP) is 3.23. The zero-order valence-electron chi connectivity index (χ0n) is 27.2. The van der Waals surface area contributed by atoms with Crippen molar-refractivity contribution in [3.05, 3.63) is 10.4 Å². The van der Waals surface area contributed by atoms with E-state index in [-0.39, 0.29) is 39.3 Å². The number of nitrogens with zero attached hydrogens (tertiary/aromatic N) is 5. The van der Waals surface area contributed by atoms with Gasteiger partial charge in [-0.15, -0.1) is 0 Å². The normalized spacial score (nSPS) is 11.0. The fraction of sp³-hybridized carbons (Fsp3) is 0.840. The van der Waals surface area contributed by atoms with Crippen LogP contribution in [-0.2, 0) is 33.2 Å². The number of hydrogen-bond acceptors (Lipinski definition) is 12. The molecule has 0 aromatic rings. The average Bonchev–Trinajstić information content (AvgIpc) is 2.88. The van der Waals surface area contributed by atoms with Gasteiger partial charge in [-0.05, 0) is 59.9 Å².